The number of carbonyl (C=O) groups excluding carboxylic acids is 1. The number of hydrogen-bond acceptors (Lipinski definition) is 3. The Morgan fingerprint density at radius 2 is 2.27 bits per heavy atom. The molecule has 0 unspecified atom stereocenters. The molecule has 0 spiro atoms. The maximum atomic E-state index is 10.8. The lowest BCUT2D eigenvalue weighted by molar-refractivity contribution is -0.118. The van der Waals surface area contributed by atoms with E-state index in [0.29, 0.717) is 0 Å². The Kier molecular flexibility index (Phi) is 2.63. The largest absolute Gasteiger partial charge is 0.485 e. The zero-order chi connectivity index (χ0) is 10.7. The molecule has 1 aromatic carbocycles. The van der Waals surface area contributed by atoms with Crippen LogP contribution in [0.3, 0.4) is 0 Å². The molecule has 15 heavy (non-hydrogen) atoms. The third kappa shape index (κ3) is 2.13. The topological polar surface area (TPSA) is 39.2 Å². The van der Waals surface area contributed by atoms with Gasteiger partial charge in [-0.3, -0.25) is 9.78 Å². The SMILES string of the molecule is CC(=O)COc1cccc2cnccc12. The molecule has 0 aliphatic heterocycles. The molecular formula is C12H11NO2. The van der Waals surface area contributed by atoms with Gasteiger partial charge in [0.1, 0.15) is 12.4 Å². The number of ether oxygens (including phenoxy) is 1. The van der Waals surface area contributed by atoms with E-state index in [0.717, 1.165) is 16.5 Å². The van der Waals surface area contributed by atoms with Gasteiger partial charge in [-0.1, -0.05) is 12.1 Å². The smallest absolute Gasteiger partial charge is 0.167 e. The molecule has 1 aromatic heterocycles. The van der Waals surface area contributed by atoms with Gasteiger partial charge in [0, 0.05) is 23.2 Å². The van der Waals surface area contributed by atoms with Crippen LogP contribution in [0.25, 0.3) is 10.8 Å². The van der Waals surface area contributed by atoms with Gasteiger partial charge in [-0.05, 0) is 19.1 Å². The number of carbonyl (C=O) groups is 1. The highest BCUT2D eigenvalue weighted by atomic mass is 16.5. The first-order valence-electron chi connectivity index (χ1n) is 4.72. The molecule has 0 atom stereocenters. The van der Waals surface area contributed by atoms with E-state index < -0.39 is 0 Å². The van der Waals surface area contributed by atoms with Crippen LogP contribution in [0.4, 0.5) is 0 Å². The van der Waals surface area contributed by atoms with Crippen LogP contribution >= 0.6 is 0 Å². The Balaban J connectivity index is 2.38. The summed E-state index contributed by atoms with van der Waals surface area (Å²) >= 11 is 0. The molecule has 2 aromatic rings. The molecule has 0 radical (unpaired) electrons. The van der Waals surface area contributed by atoms with E-state index in [-0.39, 0.29) is 12.4 Å². The molecule has 0 N–H and O–H groups in total. The quantitative estimate of drug-likeness (QED) is 0.764. The van der Waals surface area contributed by atoms with Crippen molar-refractivity contribution in [1.29, 1.82) is 0 Å². The maximum absolute atomic E-state index is 10.8. The molecule has 0 fully saturated rings. The first kappa shape index (κ1) is 9.65. The second-order valence-corrected chi connectivity index (χ2v) is 3.34. The summed E-state index contributed by atoms with van der Waals surface area (Å²) in [5, 5.41) is 1.99. The van der Waals surface area contributed by atoms with E-state index in [1.165, 1.54) is 6.92 Å². The standard InChI is InChI=1S/C12H11NO2/c1-9(14)8-15-12-4-2-3-10-7-13-6-5-11(10)12/h2-7H,8H2,1H3. The summed E-state index contributed by atoms with van der Waals surface area (Å²) in [6.45, 7) is 1.62. The van der Waals surface area contributed by atoms with Crippen LogP contribution in [-0.4, -0.2) is 17.4 Å². The van der Waals surface area contributed by atoms with Crippen LogP contribution in [0.5, 0.6) is 5.75 Å². The predicted molar refractivity (Wildman–Crippen MR) is 57.9 cm³/mol. The van der Waals surface area contributed by atoms with Crippen LogP contribution < -0.4 is 4.74 Å². The first-order valence-corrected chi connectivity index (χ1v) is 4.72. The first-order chi connectivity index (χ1) is 7.27. The Bertz CT molecular complexity index is 488. The fourth-order valence-electron chi connectivity index (χ4n) is 1.40. The molecule has 3 heteroatoms. The highest BCUT2D eigenvalue weighted by molar-refractivity contribution is 5.87. The number of fused-ring (bicyclic) bond motifs is 1. The summed E-state index contributed by atoms with van der Waals surface area (Å²) in [6.07, 6.45) is 3.49. The van der Waals surface area contributed by atoms with Crippen LogP contribution in [0, 0.1) is 0 Å². The molecule has 3 nitrogen and oxygen atoms in total. The third-order valence-electron chi connectivity index (χ3n) is 2.07. The summed E-state index contributed by atoms with van der Waals surface area (Å²) in [4.78, 5) is 14.8. The number of aromatic nitrogens is 1. The molecule has 0 aliphatic carbocycles. The molecule has 0 saturated heterocycles. The van der Waals surface area contributed by atoms with Crippen molar-refractivity contribution in [3.8, 4) is 5.75 Å². The normalized spacial score (nSPS) is 10.2. The lowest BCUT2D eigenvalue weighted by atomic mass is 10.1. The van der Waals surface area contributed by atoms with Gasteiger partial charge in [-0.15, -0.1) is 0 Å². The van der Waals surface area contributed by atoms with Gasteiger partial charge in [-0.25, -0.2) is 0 Å². The van der Waals surface area contributed by atoms with Gasteiger partial charge in [0.25, 0.3) is 0 Å². The Morgan fingerprint density at radius 3 is 3.07 bits per heavy atom. The number of rotatable bonds is 3. The van der Waals surface area contributed by atoms with E-state index >= 15 is 0 Å². The molecule has 0 bridgehead atoms. The minimum Gasteiger partial charge on any atom is -0.485 e. The number of Topliss-reactive ketones (excluding diaryl/α,β-unsaturated/α-hetero) is 1. The van der Waals surface area contributed by atoms with Crippen molar-refractivity contribution < 1.29 is 9.53 Å². The van der Waals surface area contributed by atoms with Crippen LogP contribution in [0.1, 0.15) is 6.92 Å². The Morgan fingerprint density at radius 1 is 1.40 bits per heavy atom. The minimum atomic E-state index is 0.0149. The number of nitrogens with zero attached hydrogens (tertiary/aromatic N) is 1. The summed E-state index contributed by atoms with van der Waals surface area (Å²) in [5.74, 6) is 0.742. The molecule has 0 aliphatic rings. The van der Waals surface area contributed by atoms with E-state index in [2.05, 4.69) is 4.98 Å². The molecule has 2 rings (SSSR count). The van der Waals surface area contributed by atoms with Gasteiger partial charge in [0.15, 0.2) is 5.78 Å². The molecule has 0 saturated carbocycles. The molecule has 76 valence electrons. The third-order valence-corrected chi connectivity index (χ3v) is 2.07. The van der Waals surface area contributed by atoms with Crippen LogP contribution in [0.15, 0.2) is 36.7 Å². The Labute approximate surface area is 87.7 Å². The van der Waals surface area contributed by atoms with Crippen molar-refractivity contribution in [1.82, 2.24) is 4.98 Å². The fourth-order valence-corrected chi connectivity index (χ4v) is 1.40. The number of pyridine rings is 1. The summed E-state index contributed by atoms with van der Waals surface area (Å²) in [7, 11) is 0. The van der Waals surface area contributed by atoms with Gasteiger partial charge >= 0.3 is 0 Å². The highest BCUT2D eigenvalue weighted by Crippen LogP contribution is 2.24. The van der Waals surface area contributed by atoms with E-state index in [1.807, 2.05) is 24.3 Å². The van der Waals surface area contributed by atoms with Crippen LogP contribution in [-0.2, 0) is 4.79 Å². The second-order valence-electron chi connectivity index (χ2n) is 3.34. The highest BCUT2D eigenvalue weighted by Gasteiger charge is 2.02. The lowest BCUT2D eigenvalue weighted by Gasteiger charge is -2.06. The zero-order valence-corrected chi connectivity index (χ0v) is 8.43. The minimum absolute atomic E-state index is 0.0149. The number of ketones is 1. The van der Waals surface area contributed by atoms with Crippen molar-refractivity contribution in [3.63, 3.8) is 0 Å². The van der Waals surface area contributed by atoms with Gasteiger partial charge in [0.05, 0.1) is 0 Å². The maximum Gasteiger partial charge on any atom is 0.167 e. The van der Waals surface area contributed by atoms with Crippen molar-refractivity contribution in [2.24, 2.45) is 0 Å². The fraction of sp³-hybridized carbons (Fsp3) is 0.167. The van der Waals surface area contributed by atoms with Crippen molar-refractivity contribution >= 4 is 16.6 Å². The second kappa shape index (κ2) is 4.09. The monoisotopic (exact) mass is 201 g/mol. The average molecular weight is 201 g/mol. The molecule has 0 amide bonds. The number of hydrogen-bond donors (Lipinski definition) is 0. The predicted octanol–water partition coefficient (Wildman–Crippen LogP) is 2.20. The van der Waals surface area contributed by atoms with Crippen LogP contribution in [0.2, 0.25) is 0 Å². The number of benzene rings is 1. The van der Waals surface area contributed by atoms with Crippen molar-refractivity contribution in [3.05, 3.63) is 36.7 Å². The van der Waals surface area contributed by atoms with E-state index in [4.69, 9.17) is 4.74 Å². The Hall–Kier alpha value is -1.90. The summed E-state index contributed by atoms with van der Waals surface area (Å²) in [6, 6.07) is 7.58. The van der Waals surface area contributed by atoms with Gasteiger partial charge in [0.2, 0.25) is 0 Å². The summed E-state index contributed by atoms with van der Waals surface area (Å²) < 4.78 is 5.40. The molecular weight excluding hydrogens is 190 g/mol. The van der Waals surface area contributed by atoms with Gasteiger partial charge in [-0.2, -0.15) is 0 Å². The van der Waals surface area contributed by atoms with Crippen molar-refractivity contribution in [2.75, 3.05) is 6.61 Å². The summed E-state index contributed by atoms with van der Waals surface area (Å²) in [5.41, 5.74) is 0. The molecule has 1 heterocycles. The van der Waals surface area contributed by atoms with E-state index in [1.54, 1.807) is 12.4 Å². The lowest BCUT2D eigenvalue weighted by Crippen LogP contribution is -2.06. The van der Waals surface area contributed by atoms with E-state index in [9.17, 15) is 4.79 Å². The van der Waals surface area contributed by atoms with Crippen molar-refractivity contribution in [2.45, 2.75) is 6.92 Å². The average Bonchev–Trinajstić information content (AvgIpc) is 2.26. The zero-order valence-electron chi connectivity index (χ0n) is 8.43. The van der Waals surface area contributed by atoms with Gasteiger partial charge < -0.3 is 4.74 Å².